The number of hydrogen-bond donors (Lipinski definition) is 0. The molecule has 1 nitrogen and oxygen atoms in total. The van der Waals surface area contributed by atoms with Gasteiger partial charge in [-0.1, -0.05) is 17.7 Å². The van der Waals surface area contributed by atoms with Gasteiger partial charge in [0.05, 0.1) is 5.02 Å². The Morgan fingerprint density at radius 3 is 2.71 bits per heavy atom. The first-order chi connectivity index (χ1) is 8.19. The molecule has 0 aliphatic carbocycles. The van der Waals surface area contributed by atoms with E-state index >= 15 is 0 Å². The Bertz CT molecular complexity index is 513. The third kappa shape index (κ3) is 3.62. The van der Waals surface area contributed by atoms with E-state index in [1.54, 1.807) is 11.3 Å². The van der Waals surface area contributed by atoms with E-state index in [2.05, 4.69) is 15.9 Å². The molecule has 1 aromatic heterocycles. The number of halogens is 3. The van der Waals surface area contributed by atoms with Crippen molar-refractivity contribution < 1.29 is 4.74 Å². The topological polar surface area (TPSA) is 9.23 Å². The lowest BCUT2D eigenvalue weighted by Gasteiger charge is -2.07. The van der Waals surface area contributed by atoms with Crippen LogP contribution in [0.2, 0.25) is 5.02 Å². The van der Waals surface area contributed by atoms with Crippen LogP contribution in [0.1, 0.15) is 10.4 Å². The summed E-state index contributed by atoms with van der Waals surface area (Å²) in [6.45, 7) is 0.524. The first-order valence-electron chi connectivity index (χ1n) is 4.89. The summed E-state index contributed by atoms with van der Waals surface area (Å²) in [7, 11) is 0. The number of benzene rings is 1. The number of ether oxygens (including phenoxy) is 1. The van der Waals surface area contributed by atoms with Crippen molar-refractivity contribution in [2.45, 2.75) is 12.5 Å². The van der Waals surface area contributed by atoms with Crippen molar-refractivity contribution in [3.05, 3.63) is 49.6 Å². The zero-order valence-electron chi connectivity index (χ0n) is 8.75. The quantitative estimate of drug-likeness (QED) is 0.662. The van der Waals surface area contributed by atoms with Gasteiger partial charge in [0.2, 0.25) is 0 Å². The molecule has 0 unspecified atom stereocenters. The Kier molecular flexibility index (Phi) is 4.74. The fourth-order valence-corrected chi connectivity index (χ4v) is 3.11. The van der Waals surface area contributed by atoms with Gasteiger partial charge in [-0.05, 0) is 39.7 Å². The molecular formula is C12H9BrCl2OS. The minimum Gasteiger partial charge on any atom is -0.487 e. The molecule has 0 N–H and O–H groups in total. The molecule has 0 bridgehead atoms. The number of hydrogen-bond acceptors (Lipinski definition) is 2. The van der Waals surface area contributed by atoms with E-state index in [4.69, 9.17) is 27.9 Å². The summed E-state index contributed by atoms with van der Waals surface area (Å²) in [5.41, 5.74) is 0.989. The third-order valence-corrected chi connectivity index (χ3v) is 4.42. The summed E-state index contributed by atoms with van der Waals surface area (Å²) < 4.78 is 6.72. The highest BCUT2D eigenvalue weighted by molar-refractivity contribution is 9.10. The van der Waals surface area contributed by atoms with Gasteiger partial charge >= 0.3 is 0 Å². The number of rotatable bonds is 4. The maximum absolute atomic E-state index is 6.09. The fourth-order valence-electron chi connectivity index (χ4n) is 1.32. The summed E-state index contributed by atoms with van der Waals surface area (Å²) in [5.74, 6) is 1.14. The van der Waals surface area contributed by atoms with Crippen LogP contribution in [0.4, 0.5) is 0 Å². The van der Waals surface area contributed by atoms with Gasteiger partial charge in [-0.15, -0.1) is 22.9 Å². The van der Waals surface area contributed by atoms with Gasteiger partial charge in [-0.3, -0.25) is 0 Å². The Morgan fingerprint density at radius 2 is 2.12 bits per heavy atom. The molecule has 1 aromatic carbocycles. The zero-order valence-corrected chi connectivity index (χ0v) is 12.7. The molecule has 90 valence electrons. The van der Waals surface area contributed by atoms with E-state index in [0.29, 0.717) is 23.3 Å². The molecule has 0 saturated heterocycles. The van der Waals surface area contributed by atoms with Crippen molar-refractivity contribution in [2.75, 3.05) is 0 Å². The smallest absolute Gasteiger partial charge is 0.138 e. The van der Waals surface area contributed by atoms with E-state index in [1.165, 1.54) is 0 Å². The lowest BCUT2D eigenvalue weighted by atomic mass is 10.2. The van der Waals surface area contributed by atoms with Crippen molar-refractivity contribution in [2.24, 2.45) is 0 Å². The second kappa shape index (κ2) is 6.10. The summed E-state index contributed by atoms with van der Waals surface area (Å²) in [5, 5.41) is 2.62. The third-order valence-electron chi connectivity index (χ3n) is 2.14. The molecule has 0 amide bonds. The minimum absolute atomic E-state index is 0.456. The highest BCUT2D eigenvalue weighted by Crippen LogP contribution is 2.28. The summed E-state index contributed by atoms with van der Waals surface area (Å²) in [4.78, 5) is 1.15. The van der Waals surface area contributed by atoms with Crippen LogP contribution in [0.15, 0.2) is 34.1 Å². The molecule has 0 aliphatic rings. The zero-order chi connectivity index (χ0) is 12.3. The SMILES string of the molecule is ClCc1ccc(OCc2cc(Br)cs2)c(Cl)c1. The first-order valence-corrected chi connectivity index (χ1v) is 7.47. The van der Waals surface area contributed by atoms with E-state index < -0.39 is 0 Å². The predicted octanol–water partition coefficient (Wildman–Crippen LogP) is 5.48. The van der Waals surface area contributed by atoms with E-state index in [1.807, 2.05) is 29.6 Å². The van der Waals surface area contributed by atoms with Gasteiger partial charge in [0.1, 0.15) is 12.4 Å². The number of alkyl halides is 1. The van der Waals surface area contributed by atoms with E-state index in [-0.39, 0.29) is 0 Å². The lowest BCUT2D eigenvalue weighted by Crippen LogP contribution is -1.94. The highest BCUT2D eigenvalue weighted by atomic mass is 79.9. The molecule has 0 saturated carbocycles. The van der Waals surface area contributed by atoms with Crippen LogP contribution < -0.4 is 4.74 Å². The van der Waals surface area contributed by atoms with Crippen LogP contribution in [0, 0.1) is 0 Å². The molecule has 0 aliphatic heterocycles. The average molecular weight is 352 g/mol. The molecule has 0 radical (unpaired) electrons. The van der Waals surface area contributed by atoms with Gasteiger partial charge in [-0.2, -0.15) is 0 Å². The Hall–Kier alpha value is -0.220. The van der Waals surface area contributed by atoms with Crippen LogP contribution in [-0.2, 0) is 12.5 Å². The Balaban J connectivity index is 2.04. The van der Waals surface area contributed by atoms with Crippen LogP contribution in [0.5, 0.6) is 5.75 Å². The average Bonchev–Trinajstić information content (AvgIpc) is 2.73. The molecule has 0 atom stereocenters. The Morgan fingerprint density at radius 1 is 1.29 bits per heavy atom. The van der Waals surface area contributed by atoms with Gasteiger partial charge < -0.3 is 4.74 Å². The molecule has 0 fully saturated rings. The Labute approximate surface area is 122 Å². The van der Waals surface area contributed by atoms with E-state index in [9.17, 15) is 0 Å². The van der Waals surface area contributed by atoms with Gasteiger partial charge in [0.15, 0.2) is 0 Å². The largest absolute Gasteiger partial charge is 0.487 e. The van der Waals surface area contributed by atoms with Gasteiger partial charge in [-0.25, -0.2) is 0 Å². The lowest BCUT2D eigenvalue weighted by molar-refractivity contribution is 0.310. The van der Waals surface area contributed by atoms with Crippen LogP contribution in [-0.4, -0.2) is 0 Å². The molecule has 2 aromatic rings. The summed E-state index contributed by atoms with van der Waals surface area (Å²) in [6.07, 6.45) is 0. The van der Waals surface area contributed by atoms with Crippen molar-refractivity contribution in [1.82, 2.24) is 0 Å². The normalized spacial score (nSPS) is 10.5. The van der Waals surface area contributed by atoms with Crippen molar-refractivity contribution >= 4 is 50.5 Å². The van der Waals surface area contributed by atoms with Crippen molar-refractivity contribution in [1.29, 1.82) is 0 Å². The molecule has 5 heteroatoms. The van der Waals surface area contributed by atoms with Crippen molar-refractivity contribution in [3.8, 4) is 5.75 Å². The van der Waals surface area contributed by atoms with E-state index in [0.717, 1.165) is 14.9 Å². The highest BCUT2D eigenvalue weighted by Gasteiger charge is 2.04. The predicted molar refractivity (Wildman–Crippen MR) is 77.4 cm³/mol. The second-order valence-corrected chi connectivity index (χ2v) is 6.00. The maximum atomic E-state index is 6.09. The van der Waals surface area contributed by atoms with Crippen LogP contribution >= 0.6 is 50.5 Å². The van der Waals surface area contributed by atoms with Gasteiger partial charge in [0.25, 0.3) is 0 Å². The molecular weight excluding hydrogens is 343 g/mol. The number of thiophene rings is 1. The molecule has 17 heavy (non-hydrogen) atoms. The molecule has 2 rings (SSSR count). The summed E-state index contributed by atoms with van der Waals surface area (Å²) in [6, 6.07) is 7.63. The van der Waals surface area contributed by atoms with Crippen LogP contribution in [0.25, 0.3) is 0 Å². The standard InChI is InChI=1S/C12H9BrCl2OS/c13-9-4-10(17-7-9)6-16-12-2-1-8(5-14)3-11(12)15/h1-4,7H,5-6H2. The second-order valence-electron chi connectivity index (χ2n) is 3.42. The van der Waals surface area contributed by atoms with Crippen LogP contribution in [0.3, 0.4) is 0 Å². The fraction of sp³-hybridized carbons (Fsp3) is 0.167. The minimum atomic E-state index is 0.456. The first kappa shape index (κ1) is 13.2. The summed E-state index contributed by atoms with van der Waals surface area (Å²) >= 11 is 16.9. The molecule has 1 heterocycles. The maximum Gasteiger partial charge on any atom is 0.138 e. The monoisotopic (exact) mass is 350 g/mol. The molecule has 0 spiro atoms. The van der Waals surface area contributed by atoms with Crippen molar-refractivity contribution in [3.63, 3.8) is 0 Å². The van der Waals surface area contributed by atoms with Gasteiger partial charge in [0, 0.05) is 20.6 Å².